The Morgan fingerprint density at radius 3 is 2.21 bits per heavy atom. The van der Waals surface area contributed by atoms with Crippen molar-refractivity contribution in [1.29, 1.82) is 0 Å². The van der Waals surface area contributed by atoms with Gasteiger partial charge in [-0.3, -0.25) is 0 Å². The van der Waals surface area contributed by atoms with Crippen LogP contribution < -0.4 is 15.5 Å². The number of hydrogen-bond acceptors (Lipinski definition) is 1. The first-order chi connectivity index (χ1) is 25.4. The molecule has 1 heterocycles. The molecular weight excluding hydrogens is 629 g/mol. The van der Waals surface area contributed by atoms with Crippen molar-refractivity contribution >= 4 is 50.8 Å². The van der Waals surface area contributed by atoms with E-state index in [1.807, 2.05) is 0 Å². The summed E-state index contributed by atoms with van der Waals surface area (Å²) < 4.78 is 2.36. The molecule has 1 fully saturated rings. The number of rotatable bonds is 6. The van der Waals surface area contributed by atoms with Gasteiger partial charge in [0.05, 0.1) is 5.52 Å². The van der Waals surface area contributed by atoms with Crippen molar-refractivity contribution in [3.63, 3.8) is 0 Å². The SMILES string of the molecule is C=C(/C=c1\c(=C/C)n(-c2ccccc2)c2ccccc12)N(c1ccc(C2=CC=CC3C4C=CC=CC4C(C)(C)C23)cc1)c1ccc2ccccc2c1. The van der Waals surface area contributed by atoms with Gasteiger partial charge in [-0.15, -0.1) is 0 Å². The van der Waals surface area contributed by atoms with Crippen molar-refractivity contribution in [2.75, 3.05) is 4.90 Å². The van der Waals surface area contributed by atoms with Crippen LogP contribution in [-0.2, 0) is 0 Å². The fourth-order valence-electron chi connectivity index (χ4n) is 9.58. The molecule has 4 unspecified atom stereocenters. The highest BCUT2D eigenvalue weighted by Gasteiger charge is 2.54. The maximum absolute atomic E-state index is 4.78. The Balaban J connectivity index is 1.17. The quantitative estimate of drug-likeness (QED) is 0.171. The zero-order valence-corrected chi connectivity index (χ0v) is 30.2. The van der Waals surface area contributed by atoms with E-state index < -0.39 is 0 Å². The second kappa shape index (κ2) is 12.7. The monoisotopic (exact) mass is 672 g/mol. The Labute approximate surface area is 307 Å². The average molecular weight is 673 g/mol. The molecule has 0 radical (unpaired) electrons. The van der Waals surface area contributed by atoms with Crippen molar-refractivity contribution in [2.24, 2.45) is 29.1 Å². The Hall–Kier alpha value is -5.86. The Kier molecular flexibility index (Phi) is 7.85. The van der Waals surface area contributed by atoms with Crippen molar-refractivity contribution in [2.45, 2.75) is 20.8 Å². The largest absolute Gasteiger partial charge is 0.311 e. The summed E-state index contributed by atoms with van der Waals surface area (Å²) in [6, 6.07) is 43.8. The number of anilines is 2. The van der Waals surface area contributed by atoms with Gasteiger partial charge in [0.25, 0.3) is 0 Å². The van der Waals surface area contributed by atoms with Crippen LogP contribution >= 0.6 is 0 Å². The van der Waals surface area contributed by atoms with Crippen LogP contribution in [0.3, 0.4) is 0 Å². The summed E-state index contributed by atoms with van der Waals surface area (Å²) in [4.78, 5) is 2.31. The standard InChI is InChI=1S/C50H44N2/c1-5-47-45(43-21-12-14-25-48(43)52(47)38-18-7-6-8-19-38)32-34(2)51(40-31-26-35-16-9-10-17-37(35)33-40)39-29-27-36(28-30-39)41-22-15-23-44-42-20-11-13-24-46(42)50(3,4)49(41)44/h5-33,42,44,46,49H,2H2,1,3-4H3/b45-32-,47-5+. The fourth-order valence-corrected chi connectivity index (χ4v) is 9.58. The van der Waals surface area contributed by atoms with Gasteiger partial charge in [-0.1, -0.05) is 148 Å². The van der Waals surface area contributed by atoms with Crippen molar-refractivity contribution in [3.8, 4) is 5.69 Å². The lowest BCUT2D eigenvalue weighted by molar-refractivity contribution is 0.245. The van der Waals surface area contributed by atoms with E-state index in [9.17, 15) is 0 Å². The number of para-hydroxylation sites is 2. The molecule has 0 N–H and O–H groups in total. The van der Waals surface area contributed by atoms with E-state index in [1.54, 1.807) is 0 Å². The molecule has 1 saturated carbocycles. The van der Waals surface area contributed by atoms with E-state index in [0.29, 0.717) is 23.7 Å². The highest BCUT2D eigenvalue weighted by molar-refractivity contribution is 5.90. The smallest absolute Gasteiger partial charge is 0.0540 e. The molecule has 0 amide bonds. The lowest BCUT2D eigenvalue weighted by Gasteiger charge is -2.36. The van der Waals surface area contributed by atoms with Crippen LogP contribution in [0.2, 0.25) is 0 Å². The van der Waals surface area contributed by atoms with E-state index in [0.717, 1.165) is 33.3 Å². The molecule has 0 aliphatic heterocycles. The van der Waals surface area contributed by atoms with Crippen LogP contribution in [0.15, 0.2) is 176 Å². The first-order valence-electron chi connectivity index (χ1n) is 18.6. The van der Waals surface area contributed by atoms with Gasteiger partial charge in [-0.2, -0.15) is 0 Å². The average Bonchev–Trinajstić information content (AvgIpc) is 3.63. The Morgan fingerprint density at radius 2 is 1.40 bits per heavy atom. The van der Waals surface area contributed by atoms with E-state index in [2.05, 4.69) is 206 Å². The van der Waals surface area contributed by atoms with E-state index >= 15 is 0 Å². The highest BCUT2D eigenvalue weighted by Crippen LogP contribution is 2.61. The number of benzene rings is 5. The fraction of sp³-hybridized carbons (Fsp3) is 0.160. The molecule has 52 heavy (non-hydrogen) atoms. The molecule has 0 spiro atoms. The molecule has 5 aromatic carbocycles. The van der Waals surface area contributed by atoms with Crippen molar-refractivity contribution in [1.82, 2.24) is 4.57 Å². The Bertz CT molecular complexity index is 2590. The first-order valence-corrected chi connectivity index (χ1v) is 18.6. The summed E-state index contributed by atoms with van der Waals surface area (Å²) in [6.45, 7) is 11.8. The van der Waals surface area contributed by atoms with E-state index in [1.165, 1.54) is 32.8 Å². The van der Waals surface area contributed by atoms with Crippen LogP contribution in [-0.4, -0.2) is 4.57 Å². The minimum atomic E-state index is 0.152. The minimum Gasteiger partial charge on any atom is -0.311 e. The van der Waals surface area contributed by atoms with Gasteiger partial charge in [0.2, 0.25) is 0 Å². The highest BCUT2D eigenvalue weighted by atomic mass is 15.1. The van der Waals surface area contributed by atoms with Gasteiger partial charge in [0.15, 0.2) is 0 Å². The molecule has 2 nitrogen and oxygen atoms in total. The normalized spacial score (nSPS) is 22.1. The second-order valence-electron chi connectivity index (χ2n) is 15.1. The molecular formula is C50H44N2. The van der Waals surface area contributed by atoms with Gasteiger partial charge in [-0.25, -0.2) is 0 Å². The molecule has 2 heteroatoms. The Morgan fingerprint density at radius 1 is 0.712 bits per heavy atom. The molecule has 9 rings (SSSR count). The van der Waals surface area contributed by atoms with Crippen LogP contribution in [0.25, 0.3) is 45.1 Å². The topological polar surface area (TPSA) is 8.17 Å². The number of nitrogens with zero attached hydrogens (tertiary/aromatic N) is 2. The summed E-state index contributed by atoms with van der Waals surface area (Å²) >= 11 is 0. The summed E-state index contributed by atoms with van der Waals surface area (Å²) in [6.07, 6.45) is 21.0. The second-order valence-corrected chi connectivity index (χ2v) is 15.1. The van der Waals surface area contributed by atoms with Gasteiger partial charge in [0, 0.05) is 38.7 Å². The van der Waals surface area contributed by atoms with Gasteiger partial charge in [0.1, 0.15) is 0 Å². The van der Waals surface area contributed by atoms with Crippen LogP contribution in [0.4, 0.5) is 11.4 Å². The van der Waals surface area contributed by atoms with Gasteiger partial charge in [-0.05, 0) is 106 Å². The maximum atomic E-state index is 4.78. The summed E-state index contributed by atoms with van der Waals surface area (Å²) in [7, 11) is 0. The summed E-state index contributed by atoms with van der Waals surface area (Å²) in [5, 5.41) is 5.94. The number of fused-ring (bicyclic) bond motifs is 5. The lowest BCUT2D eigenvalue weighted by atomic mass is 9.68. The molecule has 3 aliphatic carbocycles. The molecule has 1 aromatic heterocycles. The molecule has 3 aliphatic rings. The summed E-state index contributed by atoms with van der Waals surface area (Å²) in [5.74, 6) is 2.05. The van der Waals surface area contributed by atoms with E-state index in [4.69, 9.17) is 6.58 Å². The van der Waals surface area contributed by atoms with E-state index in [-0.39, 0.29) is 5.41 Å². The van der Waals surface area contributed by atoms with Gasteiger partial charge < -0.3 is 9.47 Å². The first kappa shape index (κ1) is 32.1. The maximum Gasteiger partial charge on any atom is 0.0540 e. The molecule has 254 valence electrons. The third-order valence-corrected chi connectivity index (χ3v) is 11.9. The molecule has 0 bridgehead atoms. The number of hydrogen-bond donors (Lipinski definition) is 0. The zero-order chi connectivity index (χ0) is 35.4. The van der Waals surface area contributed by atoms with Crippen LogP contribution in [0.5, 0.6) is 0 Å². The third kappa shape index (κ3) is 5.16. The van der Waals surface area contributed by atoms with Gasteiger partial charge >= 0.3 is 0 Å². The lowest BCUT2D eigenvalue weighted by Crippen LogP contribution is -2.29. The molecule has 0 saturated heterocycles. The number of aromatic nitrogens is 1. The summed E-state index contributed by atoms with van der Waals surface area (Å²) in [5.41, 5.74) is 8.29. The third-order valence-electron chi connectivity index (χ3n) is 11.9. The van der Waals surface area contributed by atoms with Crippen molar-refractivity contribution < 1.29 is 0 Å². The zero-order valence-electron chi connectivity index (χ0n) is 30.2. The molecule has 6 aromatic rings. The van der Waals surface area contributed by atoms with Crippen molar-refractivity contribution in [3.05, 3.63) is 192 Å². The van der Waals surface area contributed by atoms with Crippen LogP contribution in [0.1, 0.15) is 26.3 Å². The van der Waals surface area contributed by atoms with Crippen LogP contribution in [0, 0.1) is 29.1 Å². The predicted octanol–water partition coefficient (Wildman–Crippen LogP) is 11.3. The minimum absolute atomic E-state index is 0.152. The number of allylic oxidation sites excluding steroid dienone is 9. The predicted molar refractivity (Wildman–Crippen MR) is 222 cm³/mol. The molecule has 4 atom stereocenters.